The Labute approximate surface area is 213 Å². The van der Waals surface area contributed by atoms with E-state index in [1.165, 1.54) is 24.7 Å². The monoisotopic (exact) mass is 516 g/mol. The van der Waals surface area contributed by atoms with Crippen LogP contribution in [0.15, 0.2) is 35.5 Å². The van der Waals surface area contributed by atoms with Crippen molar-refractivity contribution in [1.29, 1.82) is 5.41 Å². The zero-order valence-electron chi connectivity index (χ0n) is 21.3. The van der Waals surface area contributed by atoms with Crippen LogP contribution in [0.3, 0.4) is 0 Å². The molecular formula is C25H36N6O4S. The van der Waals surface area contributed by atoms with Crippen LogP contribution in [0.4, 0.5) is 17.3 Å². The molecule has 0 spiro atoms. The third kappa shape index (κ3) is 8.27. The van der Waals surface area contributed by atoms with E-state index in [4.69, 9.17) is 10.1 Å². The van der Waals surface area contributed by atoms with Gasteiger partial charge in [0.25, 0.3) is 0 Å². The van der Waals surface area contributed by atoms with Crippen LogP contribution >= 0.6 is 0 Å². The van der Waals surface area contributed by atoms with Crippen LogP contribution in [-0.2, 0) is 19.4 Å². The van der Waals surface area contributed by atoms with Gasteiger partial charge in [0.1, 0.15) is 18.0 Å². The van der Waals surface area contributed by atoms with Crippen LogP contribution < -0.4 is 16.0 Å². The number of nitrogens with one attached hydrogen (secondary N) is 4. The Hall–Kier alpha value is -3.05. The molecule has 0 bridgehead atoms. The molecule has 1 fully saturated rings. The average Bonchev–Trinajstić information content (AvgIpc) is 2.79. The van der Waals surface area contributed by atoms with Gasteiger partial charge in [0, 0.05) is 36.7 Å². The minimum atomic E-state index is -3.28. The van der Waals surface area contributed by atoms with Crippen molar-refractivity contribution in [2.24, 2.45) is 0 Å². The van der Waals surface area contributed by atoms with E-state index in [9.17, 15) is 13.2 Å². The Morgan fingerprint density at radius 1 is 1.08 bits per heavy atom. The number of anilines is 3. The first-order valence-electron chi connectivity index (χ1n) is 12.1. The number of hydrogen-bond donors (Lipinski definition) is 4. The Kier molecular flexibility index (Phi) is 9.02. The normalized spacial score (nSPS) is 18.3. The lowest BCUT2D eigenvalue weighted by atomic mass is 9.91. The van der Waals surface area contributed by atoms with Crippen molar-refractivity contribution >= 4 is 39.3 Å². The summed E-state index contributed by atoms with van der Waals surface area (Å²) in [6, 6.07) is 6.67. The zero-order chi connectivity index (χ0) is 26.3. The van der Waals surface area contributed by atoms with Crippen molar-refractivity contribution in [1.82, 2.24) is 15.3 Å². The third-order valence-electron chi connectivity index (χ3n) is 5.87. The lowest BCUT2D eigenvalue weighted by Gasteiger charge is -2.30. The molecule has 2 aromatic rings. The summed E-state index contributed by atoms with van der Waals surface area (Å²) in [6.45, 7) is 6.32. The van der Waals surface area contributed by atoms with Gasteiger partial charge < -0.3 is 26.1 Å². The molecular weight excluding hydrogens is 480 g/mol. The van der Waals surface area contributed by atoms with Crippen LogP contribution in [0, 0.1) is 5.41 Å². The number of nitrogens with zero attached hydrogens (tertiary/aromatic N) is 2. The molecule has 196 valence electrons. The second kappa shape index (κ2) is 11.8. The topological polar surface area (TPSA) is 146 Å². The van der Waals surface area contributed by atoms with E-state index in [1.807, 2.05) is 20.8 Å². The van der Waals surface area contributed by atoms with Gasteiger partial charge in [-0.15, -0.1) is 0 Å². The zero-order valence-corrected chi connectivity index (χ0v) is 22.1. The number of rotatable bonds is 10. The number of hydrogen-bond acceptors (Lipinski definition) is 9. The largest absolute Gasteiger partial charge is 0.375 e. The molecule has 1 saturated carbocycles. The van der Waals surface area contributed by atoms with E-state index in [0.717, 1.165) is 31.9 Å². The second-order valence-corrected chi connectivity index (χ2v) is 12.0. The van der Waals surface area contributed by atoms with Crippen LogP contribution in [-0.4, -0.2) is 61.1 Å². The first-order valence-corrected chi connectivity index (χ1v) is 14.0. The Morgan fingerprint density at radius 2 is 1.69 bits per heavy atom. The summed E-state index contributed by atoms with van der Waals surface area (Å²) in [4.78, 5) is 21.1. The van der Waals surface area contributed by atoms with Gasteiger partial charge in [-0.25, -0.2) is 18.4 Å². The molecule has 36 heavy (non-hydrogen) atoms. The molecule has 0 saturated heterocycles. The highest BCUT2D eigenvalue weighted by atomic mass is 32.2. The van der Waals surface area contributed by atoms with Crippen molar-refractivity contribution < 1.29 is 17.9 Å². The third-order valence-corrected chi connectivity index (χ3v) is 7.00. The summed E-state index contributed by atoms with van der Waals surface area (Å²) >= 11 is 0. The Morgan fingerprint density at radius 3 is 2.28 bits per heavy atom. The lowest BCUT2D eigenvalue weighted by Crippen LogP contribution is -2.40. The maximum absolute atomic E-state index is 12.2. The van der Waals surface area contributed by atoms with E-state index in [-0.39, 0.29) is 28.5 Å². The van der Waals surface area contributed by atoms with Crippen molar-refractivity contribution in [3.8, 4) is 0 Å². The van der Waals surface area contributed by atoms with Gasteiger partial charge in [0.15, 0.2) is 9.84 Å². The quantitative estimate of drug-likeness (QED) is 0.350. The molecule has 0 unspecified atom stereocenters. The molecule has 1 amide bonds. The number of carbonyl (C=O) groups excluding carboxylic acids is 1. The first-order chi connectivity index (χ1) is 16.9. The summed E-state index contributed by atoms with van der Waals surface area (Å²) in [5.41, 5.74) is 0.914. The van der Waals surface area contributed by atoms with E-state index in [1.54, 1.807) is 12.1 Å². The minimum Gasteiger partial charge on any atom is -0.375 e. The molecule has 1 heterocycles. The number of sulfone groups is 1. The lowest BCUT2D eigenvalue weighted by molar-refractivity contribution is -0.124. The number of carbonyl (C=O) groups is 1. The number of ether oxygens (including phenoxy) is 1. The average molecular weight is 517 g/mol. The fraction of sp³-hybridized carbons (Fsp3) is 0.520. The number of amides is 1. The molecule has 10 nitrogen and oxygen atoms in total. The molecule has 1 aliphatic carbocycles. The molecule has 1 aliphatic rings. The predicted molar refractivity (Wildman–Crippen MR) is 141 cm³/mol. The summed E-state index contributed by atoms with van der Waals surface area (Å²) in [5, 5.41) is 17.6. The van der Waals surface area contributed by atoms with Gasteiger partial charge in [0.2, 0.25) is 5.91 Å². The van der Waals surface area contributed by atoms with Crippen molar-refractivity contribution in [2.45, 2.75) is 75.5 Å². The Bertz CT molecular complexity index is 1150. The van der Waals surface area contributed by atoms with Gasteiger partial charge in [-0.05, 0) is 70.7 Å². The minimum absolute atomic E-state index is 0.0119. The highest BCUT2D eigenvalue weighted by Crippen LogP contribution is 2.26. The van der Waals surface area contributed by atoms with Crippen LogP contribution in [0.5, 0.6) is 0 Å². The molecule has 4 N–H and O–H groups in total. The van der Waals surface area contributed by atoms with Crippen molar-refractivity contribution in [2.75, 3.05) is 23.5 Å². The molecule has 1 aromatic carbocycles. The van der Waals surface area contributed by atoms with E-state index in [0.29, 0.717) is 35.9 Å². The fourth-order valence-electron chi connectivity index (χ4n) is 3.99. The van der Waals surface area contributed by atoms with Gasteiger partial charge in [-0.2, -0.15) is 0 Å². The highest BCUT2D eigenvalue weighted by Gasteiger charge is 2.24. The number of aromatic nitrogens is 2. The molecule has 1 aromatic heterocycles. The van der Waals surface area contributed by atoms with Crippen molar-refractivity contribution in [3.05, 3.63) is 36.2 Å². The maximum atomic E-state index is 12.2. The smallest absolute Gasteiger partial charge is 0.222 e. The first kappa shape index (κ1) is 27.5. The van der Waals surface area contributed by atoms with E-state index in [2.05, 4.69) is 25.9 Å². The van der Waals surface area contributed by atoms with E-state index >= 15 is 0 Å². The summed E-state index contributed by atoms with van der Waals surface area (Å²) in [7, 11) is -3.28. The fourth-order valence-corrected chi connectivity index (χ4v) is 4.62. The highest BCUT2D eigenvalue weighted by molar-refractivity contribution is 7.90. The molecule has 3 rings (SSSR count). The summed E-state index contributed by atoms with van der Waals surface area (Å²) in [5.74, 6) is 1.02. The summed E-state index contributed by atoms with van der Waals surface area (Å²) in [6.07, 6.45) is 7.57. The van der Waals surface area contributed by atoms with E-state index < -0.39 is 9.84 Å². The van der Waals surface area contributed by atoms with Gasteiger partial charge in [0.05, 0.1) is 22.7 Å². The second-order valence-electron chi connectivity index (χ2n) is 10.0. The SMILES string of the molecule is CC(C)(C)OCCC(=O)NC1CCC(Nc2ncnc(Nc3ccc(S(C)(=O)=O)cc3)c2C=N)CC1. The van der Waals surface area contributed by atoms with Crippen molar-refractivity contribution in [3.63, 3.8) is 0 Å². The molecule has 11 heteroatoms. The molecule has 0 aliphatic heterocycles. The van der Waals surface area contributed by atoms with Gasteiger partial charge >= 0.3 is 0 Å². The predicted octanol–water partition coefficient (Wildman–Crippen LogP) is 3.67. The van der Waals surface area contributed by atoms with Crippen LogP contribution in [0.2, 0.25) is 0 Å². The van der Waals surface area contributed by atoms with Gasteiger partial charge in [-0.1, -0.05) is 0 Å². The maximum Gasteiger partial charge on any atom is 0.222 e. The summed E-state index contributed by atoms with van der Waals surface area (Å²) < 4.78 is 29.0. The Balaban J connectivity index is 1.55. The standard InChI is InChI=1S/C25H36N6O4S/c1-25(2,3)35-14-13-22(32)29-17-5-7-18(8-6-17)30-23-21(15-26)24(28-16-27-23)31-19-9-11-20(12-10-19)36(4,33)34/h9-12,15-18,26H,5-8,13-14H2,1-4H3,(H,29,32)(H2,27,28,30,31). The van der Waals surface area contributed by atoms with Gasteiger partial charge in [-0.3, -0.25) is 4.79 Å². The molecule has 0 atom stereocenters. The molecule has 0 radical (unpaired) electrons. The van der Waals surface area contributed by atoms with Crippen LogP contribution in [0.25, 0.3) is 0 Å². The van der Waals surface area contributed by atoms with Crippen LogP contribution in [0.1, 0.15) is 58.4 Å². The number of benzene rings is 1.